The molecule has 0 saturated heterocycles. The highest BCUT2D eigenvalue weighted by atomic mass is 32.2. The van der Waals surface area contributed by atoms with Gasteiger partial charge in [-0.3, -0.25) is 0 Å². The topological polar surface area (TPSA) is 57.2 Å². The Kier molecular flexibility index (Phi) is 9.03. The number of alkyl halides is 9. The van der Waals surface area contributed by atoms with Crippen LogP contribution in [0.2, 0.25) is 0 Å². The third-order valence-electron chi connectivity index (χ3n) is 4.61. The summed E-state index contributed by atoms with van der Waals surface area (Å²) in [7, 11) is -7.27. The van der Waals surface area contributed by atoms with E-state index in [-0.39, 0.29) is 0 Å². The molecule has 0 saturated carbocycles. The maximum atomic E-state index is 12.8. The molecule has 0 aliphatic heterocycles. The molecule has 0 aromatic heterocycles. The van der Waals surface area contributed by atoms with E-state index in [2.05, 4.69) is 0 Å². The van der Waals surface area contributed by atoms with E-state index in [0.717, 1.165) is 26.8 Å². The van der Waals surface area contributed by atoms with Crippen molar-refractivity contribution >= 4 is 21.0 Å². The molecule has 14 heteroatoms. The molecule has 0 spiro atoms. The minimum atomic E-state index is -6.86. The van der Waals surface area contributed by atoms with Gasteiger partial charge in [0.15, 0.2) is 24.8 Å². The van der Waals surface area contributed by atoms with Crippen molar-refractivity contribution in [2.24, 2.45) is 0 Å². The molecule has 0 aliphatic carbocycles. The average molecular weight is 577 g/mol. The van der Waals surface area contributed by atoms with E-state index in [4.69, 9.17) is 0 Å². The molecule has 0 bridgehead atoms. The number of hydrogen-bond acceptors (Lipinski definition) is 3. The predicted molar refractivity (Wildman–Crippen MR) is 117 cm³/mol. The fourth-order valence-electron chi connectivity index (χ4n) is 2.71. The summed E-state index contributed by atoms with van der Waals surface area (Å²) in [5, 5.41) is -6.35. The Labute approximate surface area is 209 Å². The zero-order chi connectivity index (χ0) is 28.3. The summed E-state index contributed by atoms with van der Waals surface area (Å²) in [6.45, 7) is -0.619. The van der Waals surface area contributed by atoms with Crippen molar-refractivity contribution in [1.82, 2.24) is 0 Å². The molecule has 0 atom stereocenters. The number of hydrogen-bond donors (Lipinski definition) is 0. The standard InChI is InChI=1S/C19H14F3S.C4H4F6O3S/c20-19(21,22)15-11-13-18(14-12-15)23(16-7-3-1-4-8-16)17-9-5-2-6-10-17;1-2(5,6)3(7,8)4(9,10)14(11,12)13/h1-14H;1H3,(H,11,12,13)/q+1;/p-1. The third-order valence-corrected chi connectivity index (χ3v) is 7.72. The molecule has 3 aromatic rings. The third kappa shape index (κ3) is 6.99. The van der Waals surface area contributed by atoms with Crippen molar-refractivity contribution in [3.8, 4) is 0 Å². The summed E-state index contributed by atoms with van der Waals surface area (Å²) in [5.74, 6) is -11.6. The van der Waals surface area contributed by atoms with Crippen molar-refractivity contribution < 1.29 is 52.5 Å². The van der Waals surface area contributed by atoms with Crippen molar-refractivity contribution in [1.29, 1.82) is 0 Å². The molecule has 0 fully saturated rings. The SMILES string of the molecule is CC(F)(F)C(F)(F)C(F)(F)S(=O)(=O)[O-].FC(F)(F)c1ccc([S+](c2ccccc2)c2ccccc2)cc1. The highest BCUT2D eigenvalue weighted by Gasteiger charge is 2.72. The molecular weight excluding hydrogens is 559 g/mol. The van der Waals surface area contributed by atoms with Crippen LogP contribution in [0.15, 0.2) is 99.6 Å². The van der Waals surface area contributed by atoms with Crippen LogP contribution in [0.5, 0.6) is 0 Å². The summed E-state index contributed by atoms with van der Waals surface area (Å²) >= 11 is 0. The molecule has 3 aromatic carbocycles. The lowest BCUT2D eigenvalue weighted by Gasteiger charge is -2.31. The largest absolute Gasteiger partial charge is 0.743 e. The summed E-state index contributed by atoms with van der Waals surface area (Å²) in [6.07, 6.45) is -4.31. The quantitative estimate of drug-likeness (QED) is 0.177. The molecule has 0 heterocycles. The zero-order valence-electron chi connectivity index (χ0n) is 18.5. The second-order valence-electron chi connectivity index (χ2n) is 7.39. The minimum Gasteiger partial charge on any atom is -0.743 e. The van der Waals surface area contributed by atoms with E-state index < -0.39 is 56.8 Å². The highest BCUT2D eigenvalue weighted by molar-refractivity contribution is 7.97. The van der Waals surface area contributed by atoms with Crippen LogP contribution in [0.25, 0.3) is 0 Å². The van der Waals surface area contributed by atoms with Gasteiger partial charge in [-0.2, -0.15) is 39.5 Å². The van der Waals surface area contributed by atoms with Gasteiger partial charge in [-0.15, -0.1) is 0 Å². The van der Waals surface area contributed by atoms with Gasteiger partial charge in [0.2, 0.25) is 0 Å². The van der Waals surface area contributed by atoms with Crippen molar-refractivity contribution in [2.75, 3.05) is 0 Å². The van der Waals surface area contributed by atoms with Crippen LogP contribution in [-0.2, 0) is 27.2 Å². The fourth-order valence-corrected chi connectivity index (χ4v) is 5.29. The van der Waals surface area contributed by atoms with Crippen LogP contribution in [0.1, 0.15) is 12.5 Å². The Morgan fingerprint density at radius 1 is 0.622 bits per heavy atom. The Balaban J connectivity index is 0.000000298. The first kappa shape index (κ1) is 30.5. The Bertz CT molecular complexity index is 1220. The lowest BCUT2D eigenvalue weighted by atomic mass is 10.2. The van der Waals surface area contributed by atoms with Crippen LogP contribution in [0.3, 0.4) is 0 Å². The van der Waals surface area contributed by atoms with Gasteiger partial charge in [0.05, 0.1) is 16.5 Å². The fraction of sp³-hybridized carbons (Fsp3) is 0.217. The van der Waals surface area contributed by atoms with Gasteiger partial charge in [0, 0.05) is 6.92 Å². The van der Waals surface area contributed by atoms with Crippen LogP contribution >= 0.6 is 0 Å². The van der Waals surface area contributed by atoms with E-state index in [0.29, 0.717) is 0 Å². The summed E-state index contributed by atoms with van der Waals surface area (Å²) in [6, 6.07) is 25.1. The monoisotopic (exact) mass is 576 g/mol. The second kappa shape index (κ2) is 11.0. The first-order valence-electron chi connectivity index (χ1n) is 9.91. The first-order chi connectivity index (χ1) is 16.8. The van der Waals surface area contributed by atoms with Crippen molar-refractivity contribution in [2.45, 2.75) is 44.9 Å². The van der Waals surface area contributed by atoms with E-state index in [1.807, 2.05) is 60.7 Å². The Morgan fingerprint density at radius 3 is 1.24 bits per heavy atom. The van der Waals surface area contributed by atoms with E-state index in [1.54, 1.807) is 12.1 Å². The molecule has 0 unspecified atom stereocenters. The Morgan fingerprint density at radius 2 is 0.973 bits per heavy atom. The van der Waals surface area contributed by atoms with Crippen LogP contribution < -0.4 is 0 Å². The summed E-state index contributed by atoms with van der Waals surface area (Å²) in [5.41, 5.74) is -0.620. The maximum absolute atomic E-state index is 12.8. The smallest absolute Gasteiger partial charge is 0.416 e. The van der Waals surface area contributed by atoms with Crippen molar-refractivity contribution in [3.63, 3.8) is 0 Å². The van der Waals surface area contributed by atoms with Gasteiger partial charge >= 0.3 is 23.3 Å². The van der Waals surface area contributed by atoms with E-state index in [1.165, 1.54) is 0 Å². The lowest BCUT2D eigenvalue weighted by Crippen LogP contribution is -2.56. The molecule has 37 heavy (non-hydrogen) atoms. The van der Waals surface area contributed by atoms with Crippen LogP contribution in [0, 0.1) is 0 Å². The second-order valence-corrected chi connectivity index (χ2v) is 10.8. The number of rotatable bonds is 6. The molecule has 0 N–H and O–H groups in total. The number of benzene rings is 3. The van der Waals surface area contributed by atoms with Gasteiger partial charge in [-0.05, 0) is 48.5 Å². The molecule has 0 aliphatic rings. The highest BCUT2D eigenvalue weighted by Crippen LogP contribution is 2.47. The molecule has 202 valence electrons. The molecule has 0 amide bonds. The Hall–Kier alpha value is -2.71. The number of halogens is 9. The molecule has 3 nitrogen and oxygen atoms in total. The normalized spacial score (nSPS) is 13.2. The minimum absolute atomic E-state index is 0.417. The predicted octanol–water partition coefficient (Wildman–Crippen LogP) is 7.22. The summed E-state index contributed by atoms with van der Waals surface area (Å²) < 4.78 is 139. The van der Waals surface area contributed by atoms with Crippen LogP contribution in [-0.4, -0.2) is 30.1 Å². The first-order valence-corrected chi connectivity index (χ1v) is 12.5. The molecule has 3 rings (SSSR count). The zero-order valence-corrected chi connectivity index (χ0v) is 20.2. The van der Waals surface area contributed by atoms with Gasteiger partial charge in [-0.1, -0.05) is 36.4 Å². The summed E-state index contributed by atoms with van der Waals surface area (Å²) in [4.78, 5) is 3.03. The molecular formula is C23H17F9O3S2. The van der Waals surface area contributed by atoms with E-state index in [9.17, 15) is 52.5 Å². The van der Waals surface area contributed by atoms with Gasteiger partial charge < -0.3 is 4.55 Å². The van der Waals surface area contributed by atoms with E-state index >= 15 is 0 Å². The van der Waals surface area contributed by atoms with Crippen molar-refractivity contribution in [3.05, 3.63) is 90.5 Å². The maximum Gasteiger partial charge on any atom is 0.416 e. The average Bonchev–Trinajstić information content (AvgIpc) is 2.79. The van der Waals surface area contributed by atoms with Gasteiger partial charge in [0.25, 0.3) is 0 Å². The van der Waals surface area contributed by atoms with Crippen LogP contribution in [0.4, 0.5) is 39.5 Å². The molecule has 0 radical (unpaired) electrons. The lowest BCUT2D eigenvalue weighted by molar-refractivity contribution is -0.273. The van der Waals surface area contributed by atoms with Gasteiger partial charge in [-0.25, -0.2) is 8.42 Å². The van der Waals surface area contributed by atoms with Gasteiger partial charge in [0.1, 0.15) is 0 Å².